The molecule has 0 bridgehead atoms. The van der Waals surface area contributed by atoms with E-state index in [-0.39, 0.29) is 11.9 Å². The van der Waals surface area contributed by atoms with E-state index >= 15 is 0 Å². The molecule has 0 heterocycles. The van der Waals surface area contributed by atoms with E-state index in [1.54, 1.807) is 0 Å². The van der Waals surface area contributed by atoms with Crippen LogP contribution in [0.4, 0.5) is 0 Å². The zero-order valence-electron chi connectivity index (χ0n) is 17.2. The lowest BCUT2D eigenvalue weighted by Gasteiger charge is -2.16. The van der Waals surface area contributed by atoms with Crippen molar-refractivity contribution in [3.05, 3.63) is 35.9 Å². The minimum atomic E-state index is -0.0979. The molecule has 0 N–H and O–H groups in total. The lowest BCUT2D eigenvalue weighted by molar-refractivity contribution is -0.145. The van der Waals surface area contributed by atoms with Gasteiger partial charge in [-0.3, -0.25) is 4.79 Å². The van der Waals surface area contributed by atoms with Gasteiger partial charge in [-0.2, -0.15) is 0 Å². The molecule has 26 heavy (non-hydrogen) atoms. The van der Waals surface area contributed by atoms with E-state index in [4.69, 9.17) is 4.74 Å². The number of carbonyl (C=O) groups is 1. The van der Waals surface area contributed by atoms with E-state index in [2.05, 4.69) is 6.92 Å². The predicted molar refractivity (Wildman–Crippen MR) is 112 cm³/mol. The van der Waals surface area contributed by atoms with Crippen LogP contribution in [0, 0.1) is 0 Å². The van der Waals surface area contributed by atoms with E-state index in [1.165, 1.54) is 70.6 Å². The zero-order valence-corrected chi connectivity index (χ0v) is 17.2. The van der Waals surface area contributed by atoms with Crippen molar-refractivity contribution in [1.29, 1.82) is 0 Å². The molecular formula is C24H40O2. The van der Waals surface area contributed by atoms with Gasteiger partial charge in [0, 0.05) is 0 Å². The van der Waals surface area contributed by atoms with Gasteiger partial charge in [-0.25, -0.2) is 0 Å². The minimum Gasteiger partial charge on any atom is -0.466 e. The van der Waals surface area contributed by atoms with Crippen LogP contribution in [0.25, 0.3) is 0 Å². The van der Waals surface area contributed by atoms with Gasteiger partial charge < -0.3 is 4.74 Å². The fourth-order valence-corrected chi connectivity index (χ4v) is 3.54. The van der Waals surface area contributed by atoms with Crippen molar-refractivity contribution in [1.82, 2.24) is 0 Å². The van der Waals surface area contributed by atoms with Gasteiger partial charge in [-0.05, 0) is 18.9 Å². The van der Waals surface area contributed by atoms with Crippen molar-refractivity contribution in [2.75, 3.05) is 6.61 Å². The van der Waals surface area contributed by atoms with Crippen LogP contribution < -0.4 is 0 Å². The van der Waals surface area contributed by atoms with Gasteiger partial charge in [0.15, 0.2) is 0 Å². The quantitative estimate of drug-likeness (QED) is 0.226. The molecule has 1 unspecified atom stereocenters. The molecule has 1 aromatic carbocycles. The summed E-state index contributed by atoms with van der Waals surface area (Å²) < 4.78 is 5.28. The third kappa shape index (κ3) is 10.6. The Morgan fingerprint density at radius 2 is 1.27 bits per heavy atom. The molecule has 0 amide bonds. The van der Waals surface area contributed by atoms with Crippen LogP contribution in [0.15, 0.2) is 30.3 Å². The van der Waals surface area contributed by atoms with Crippen LogP contribution in [0.5, 0.6) is 0 Å². The molecule has 2 nitrogen and oxygen atoms in total. The summed E-state index contributed by atoms with van der Waals surface area (Å²) in [4.78, 5) is 12.3. The van der Waals surface area contributed by atoms with E-state index < -0.39 is 0 Å². The highest BCUT2D eigenvalue weighted by Gasteiger charge is 2.21. The molecule has 1 aromatic rings. The molecule has 0 aliphatic carbocycles. The van der Waals surface area contributed by atoms with Crippen molar-refractivity contribution < 1.29 is 9.53 Å². The molecule has 2 heteroatoms. The second kappa shape index (κ2) is 15.9. The summed E-state index contributed by atoms with van der Waals surface area (Å²) in [5.74, 6) is -0.166. The first-order valence-corrected chi connectivity index (χ1v) is 11.0. The largest absolute Gasteiger partial charge is 0.466 e. The van der Waals surface area contributed by atoms with E-state index in [0.717, 1.165) is 18.4 Å². The number of hydrogen-bond acceptors (Lipinski definition) is 2. The van der Waals surface area contributed by atoms with Gasteiger partial charge in [0.25, 0.3) is 0 Å². The summed E-state index contributed by atoms with van der Waals surface area (Å²) in [5.41, 5.74) is 1.09. The molecule has 0 aromatic heterocycles. The van der Waals surface area contributed by atoms with Crippen LogP contribution >= 0.6 is 0 Å². The van der Waals surface area contributed by atoms with Crippen LogP contribution in [-0.2, 0) is 9.53 Å². The third-order valence-corrected chi connectivity index (χ3v) is 5.12. The van der Waals surface area contributed by atoms with Crippen molar-refractivity contribution >= 4 is 5.97 Å². The first-order valence-electron chi connectivity index (χ1n) is 11.0. The van der Waals surface area contributed by atoms with Gasteiger partial charge >= 0.3 is 5.97 Å². The zero-order chi connectivity index (χ0) is 18.9. The second-order valence-electron chi connectivity index (χ2n) is 7.39. The molecule has 0 aliphatic rings. The Morgan fingerprint density at radius 1 is 0.769 bits per heavy atom. The molecule has 0 aliphatic heterocycles. The lowest BCUT2D eigenvalue weighted by atomic mass is 9.93. The summed E-state index contributed by atoms with van der Waals surface area (Å²) in [6.45, 7) is 4.61. The Kier molecular flexibility index (Phi) is 13.9. The van der Waals surface area contributed by atoms with E-state index in [1.807, 2.05) is 37.3 Å². The Balaban J connectivity index is 2.11. The highest BCUT2D eigenvalue weighted by molar-refractivity contribution is 5.78. The van der Waals surface area contributed by atoms with Crippen LogP contribution in [0.1, 0.15) is 109 Å². The highest BCUT2D eigenvalue weighted by Crippen LogP contribution is 2.24. The maximum absolute atomic E-state index is 12.3. The molecule has 0 saturated carbocycles. The SMILES string of the molecule is CCCCCCCCCCCCCCC(C(=O)OCC)c1ccccc1. The Labute approximate surface area is 161 Å². The first-order chi connectivity index (χ1) is 12.8. The number of unbranched alkanes of at least 4 members (excludes halogenated alkanes) is 11. The fourth-order valence-electron chi connectivity index (χ4n) is 3.54. The standard InChI is InChI=1S/C24H40O2/c1-3-5-6-7-8-9-10-11-12-13-14-18-21-23(24(25)26-4-2)22-19-16-15-17-20-22/h15-17,19-20,23H,3-14,18,21H2,1-2H3. The summed E-state index contributed by atoms with van der Waals surface area (Å²) >= 11 is 0. The molecule has 148 valence electrons. The summed E-state index contributed by atoms with van der Waals surface area (Å²) in [7, 11) is 0. The van der Waals surface area contributed by atoms with Crippen molar-refractivity contribution in [3.8, 4) is 0 Å². The van der Waals surface area contributed by atoms with Gasteiger partial charge in [-0.15, -0.1) is 0 Å². The molecule has 0 radical (unpaired) electrons. The van der Waals surface area contributed by atoms with Gasteiger partial charge in [0.1, 0.15) is 0 Å². The van der Waals surface area contributed by atoms with Crippen molar-refractivity contribution in [3.63, 3.8) is 0 Å². The average Bonchev–Trinajstić information content (AvgIpc) is 2.66. The number of benzene rings is 1. The van der Waals surface area contributed by atoms with Crippen LogP contribution in [-0.4, -0.2) is 12.6 Å². The Morgan fingerprint density at radius 3 is 1.77 bits per heavy atom. The molecule has 0 spiro atoms. The van der Waals surface area contributed by atoms with Crippen LogP contribution in [0.2, 0.25) is 0 Å². The van der Waals surface area contributed by atoms with Crippen LogP contribution in [0.3, 0.4) is 0 Å². The normalized spacial score (nSPS) is 12.1. The predicted octanol–water partition coefficient (Wildman–Crippen LogP) is 7.42. The number of carbonyl (C=O) groups excluding carboxylic acids is 1. The fraction of sp³-hybridized carbons (Fsp3) is 0.708. The van der Waals surface area contributed by atoms with Gasteiger partial charge in [-0.1, -0.05) is 114 Å². The monoisotopic (exact) mass is 360 g/mol. The van der Waals surface area contributed by atoms with E-state index in [0.29, 0.717) is 6.61 Å². The number of rotatable bonds is 16. The minimum absolute atomic E-state index is 0.0678. The smallest absolute Gasteiger partial charge is 0.313 e. The lowest BCUT2D eigenvalue weighted by Crippen LogP contribution is -2.16. The Bertz CT molecular complexity index is 441. The highest BCUT2D eigenvalue weighted by atomic mass is 16.5. The first kappa shape index (κ1) is 22.7. The number of esters is 1. The van der Waals surface area contributed by atoms with E-state index in [9.17, 15) is 4.79 Å². The summed E-state index contributed by atoms with van der Waals surface area (Å²) in [6.07, 6.45) is 17.0. The van der Waals surface area contributed by atoms with Crippen molar-refractivity contribution in [2.24, 2.45) is 0 Å². The number of hydrogen-bond donors (Lipinski definition) is 0. The number of ether oxygens (including phenoxy) is 1. The maximum atomic E-state index is 12.3. The van der Waals surface area contributed by atoms with Gasteiger partial charge in [0.05, 0.1) is 12.5 Å². The van der Waals surface area contributed by atoms with Crippen molar-refractivity contribution in [2.45, 2.75) is 103 Å². The molecule has 1 rings (SSSR count). The summed E-state index contributed by atoms with van der Waals surface area (Å²) in [6, 6.07) is 10.1. The summed E-state index contributed by atoms with van der Waals surface area (Å²) in [5, 5.41) is 0. The van der Waals surface area contributed by atoms with Gasteiger partial charge in [0.2, 0.25) is 0 Å². The third-order valence-electron chi connectivity index (χ3n) is 5.12. The Hall–Kier alpha value is -1.31. The maximum Gasteiger partial charge on any atom is 0.313 e. The molecule has 0 fully saturated rings. The topological polar surface area (TPSA) is 26.3 Å². The molecule has 1 atom stereocenters. The second-order valence-corrected chi connectivity index (χ2v) is 7.39. The average molecular weight is 361 g/mol. The molecular weight excluding hydrogens is 320 g/mol. The molecule has 0 saturated heterocycles.